The number of aliphatic carboxylic acids is 1. The lowest BCUT2D eigenvalue weighted by Gasteiger charge is -2.32. The second-order valence-corrected chi connectivity index (χ2v) is 3.95. The molecule has 0 radical (unpaired) electrons. The first-order valence-corrected chi connectivity index (χ1v) is 4.89. The van der Waals surface area contributed by atoms with Crippen molar-refractivity contribution < 1.29 is 19.5 Å². The summed E-state index contributed by atoms with van der Waals surface area (Å²) >= 11 is 0. The Morgan fingerprint density at radius 2 is 2.33 bits per heavy atom. The largest absolute Gasteiger partial charge is 0.479 e. The Balaban J connectivity index is 2.34. The number of hydrogen-bond donors (Lipinski definition) is 3. The lowest BCUT2D eigenvalue weighted by molar-refractivity contribution is -0.153. The van der Waals surface area contributed by atoms with E-state index in [1.807, 2.05) is 6.92 Å². The Morgan fingerprint density at radius 1 is 1.60 bits per heavy atom. The first kappa shape index (κ1) is 11.9. The van der Waals surface area contributed by atoms with Crippen LogP contribution in [0.2, 0.25) is 0 Å². The molecule has 0 aromatic heterocycles. The fourth-order valence-electron chi connectivity index (χ4n) is 1.54. The van der Waals surface area contributed by atoms with E-state index in [4.69, 9.17) is 5.11 Å². The standard InChI is InChI=1S/C9H16N2O4/c1-9(3-2-4-10-6-9)8(14)11-15-5-7(12)13/h10H,2-6H2,1H3,(H,11,14)(H,12,13). The third kappa shape index (κ3) is 3.49. The number of nitrogens with one attached hydrogen (secondary N) is 2. The quantitative estimate of drug-likeness (QED) is 0.552. The van der Waals surface area contributed by atoms with E-state index in [1.54, 1.807) is 0 Å². The fraction of sp³-hybridized carbons (Fsp3) is 0.778. The maximum Gasteiger partial charge on any atom is 0.332 e. The highest BCUT2D eigenvalue weighted by molar-refractivity contribution is 5.81. The van der Waals surface area contributed by atoms with Crippen LogP contribution < -0.4 is 10.8 Å². The summed E-state index contributed by atoms with van der Waals surface area (Å²) in [5, 5.41) is 11.4. The SMILES string of the molecule is CC1(C(=O)NOCC(=O)O)CCCNC1. The van der Waals surface area contributed by atoms with Gasteiger partial charge in [0.2, 0.25) is 0 Å². The van der Waals surface area contributed by atoms with Gasteiger partial charge < -0.3 is 10.4 Å². The number of piperidine rings is 1. The molecule has 0 aromatic carbocycles. The number of carboxylic acid groups (broad SMARTS) is 1. The molecule has 1 aliphatic heterocycles. The Kier molecular flexibility index (Phi) is 4.05. The molecule has 1 heterocycles. The minimum absolute atomic E-state index is 0.268. The van der Waals surface area contributed by atoms with E-state index >= 15 is 0 Å². The molecule has 6 heteroatoms. The summed E-state index contributed by atoms with van der Waals surface area (Å²) in [5.74, 6) is -1.38. The van der Waals surface area contributed by atoms with E-state index in [0.29, 0.717) is 6.54 Å². The molecule has 1 fully saturated rings. The predicted octanol–water partition coefficient (Wildman–Crippen LogP) is -0.491. The minimum Gasteiger partial charge on any atom is -0.479 e. The molecule has 0 bridgehead atoms. The third-order valence-electron chi connectivity index (χ3n) is 2.51. The van der Waals surface area contributed by atoms with Crippen LogP contribution in [0.15, 0.2) is 0 Å². The van der Waals surface area contributed by atoms with Gasteiger partial charge >= 0.3 is 5.97 Å². The molecule has 1 unspecified atom stereocenters. The van der Waals surface area contributed by atoms with Crippen LogP contribution in [0.3, 0.4) is 0 Å². The zero-order chi connectivity index (χ0) is 11.3. The Labute approximate surface area is 87.9 Å². The summed E-state index contributed by atoms with van der Waals surface area (Å²) in [6, 6.07) is 0. The zero-order valence-electron chi connectivity index (χ0n) is 8.71. The second-order valence-electron chi connectivity index (χ2n) is 3.95. The van der Waals surface area contributed by atoms with Crippen LogP contribution >= 0.6 is 0 Å². The summed E-state index contributed by atoms with van der Waals surface area (Å²) in [4.78, 5) is 26.3. The summed E-state index contributed by atoms with van der Waals surface area (Å²) < 4.78 is 0. The molecule has 3 N–H and O–H groups in total. The van der Waals surface area contributed by atoms with E-state index in [1.165, 1.54) is 0 Å². The minimum atomic E-state index is -1.11. The second kappa shape index (κ2) is 5.09. The number of carbonyl (C=O) groups is 2. The first-order chi connectivity index (χ1) is 7.04. The zero-order valence-corrected chi connectivity index (χ0v) is 8.71. The molecular weight excluding hydrogens is 200 g/mol. The molecule has 0 saturated carbocycles. The van der Waals surface area contributed by atoms with Crippen LogP contribution in [0.25, 0.3) is 0 Å². The number of rotatable bonds is 4. The van der Waals surface area contributed by atoms with Gasteiger partial charge in [-0.05, 0) is 26.3 Å². The normalized spacial score (nSPS) is 25.9. The summed E-state index contributed by atoms with van der Waals surface area (Å²) in [6.07, 6.45) is 1.71. The van der Waals surface area contributed by atoms with Gasteiger partial charge in [-0.2, -0.15) is 0 Å². The molecule has 6 nitrogen and oxygen atoms in total. The van der Waals surface area contributed by atoms with Crippen molar-refractivity contribution in [3.05, 3.63) is 0 Å². The molecule has 1 amide bonds. The fourth-order valence-corrected chi connectivity index (χ4v) is 1.54. The Morgan fingerprint density at radius 3 is 2.87 bits per heavy atom. The highest BCUT2D eigenvalue weighted by Crippen LogP contribution is 2.25. The van der Waals surface area contributed by atoms with Crippen molar-refractivity contribution >= 4 is 11.9 Å². The number of amides is 1. The van der Waals surface area contributed by atoms with Gasteiger partial charge in [0, 0.05) is 6.54 Å². The highest BCUT2D eigenvalue weighted by atomic mass is 16.7. The van der Waals surface area contributed by atoms with Crippen molar-refractivity contribution in [2.45, 2.75) is 19.8 Å². The monoisotopic (exact) mass is 216 g/mol. The van der Waals surface area contributed by atoms with Crippen molar-refractivity contribution in [3.8, 4) is 0 Å². The average Bonchev–Trinajstić information content (AvgIpc) is 2.18. The van der Waals surface area contributed by atoms with E-state index in [9.17, 15) is 9.59 Å². The molecule has 0 spiro atoms. The molecular formula is C9H16N2O4. The van der Waals surface area contributed by atoms with Crippen LogP contribution in [0.4, 0.5) is 0 Å². The Hall–Kier alpha value is -1.14. The van der Waals surface area contributed by atoms with Crippen molar-refractivity contribution in [1.82, 2.24) is 10.8 Å². The van der Waals surface area contributed by atoms with Crippen LogP contribution in [0.5, 0.6) is 0 Å². The third-order valence-corrected chi connectivity index (χ3v) is 2.51. The molecule has 0 aromatic rings. The summed E-state index contributed by atoms with van der Waals surface area (Å²) in [7, 11) is 0. The van der Waals surface area contributed by atoms with E-state index < -0.39 is 18.0 Å². The van der Waals surface area contributed by atoms with E-state index in [-0.39, 0.29) is 5.91 Å². The van der Waals surface area contributed by atoms with Crippen LogP contribution in [-0.4, -0.2) is 36.7 Å². The summed E-state index contributed by atoms with van der Waals surface area (Å²) in [6.45, 7) is 2.82. The van der Waals surface area contributed by atoms with Gasteiger partial charge in [0.05, 0.1) is 5.41 Å². The lowest BCUT2D eigenvalue weighted by atomic mass is 9.82. The Bertz CT molecular complexity index is 248. The maximum atomic E-state index is 11.6. The molecule has 15 heavy (non-hydrogen) atoms. The molecule has 1 saturated heterocycles. The predicted molar refractivity (Wildman–Crippen MR) is 51.9 cm³/mol. The van der Waals surface area contributed by atoms with Crippen molar-refractivity contribution in [2.75, 3.05) is 19.7 Å². The van der Waals surface area contributed by atoms with Crippen molar-refractivity contribution in [3.63, 3.8) is 0 Å². The number of carbonyl (C=O) groups excluding carboxylic acids is 1. The molecule has 1 atom stereocenters. The molecule has 86 valence electrons. The van der Waals surface area contributed by atoms with Crippen LogP contribution in [0.1, 0.15) is 19.8 Å². The van der Waals surface area contributed by atoms with Gasteiger partial charge in [0.1, 0.15) is 0 Å². The maximum absolute atomic E-state index is 11.6. The van der Waals surface area contributed by atoms with Gasteiger partial charge in [-0.15, -0.1) is 0 Å². The van der Waals surface area contributed by atoms with Gasteiger partial charge in [0.25, 0.3) is 5.91 Å². The molecule has 1 rings (SSSR count). The first-order valence-electron chi connectivity index (χ1n) is 4.89. The van der Waals surface area contributed by atoms with Gasteiger partial charge in [-0.25, -0.2) is 10.3 Å². The van der Waals surface area contributed by atoms with Gasteiger partial charge in [0.15, 0.2) is 6.61 Å². The van der Waals surface area contributed by atoms with Crippen molar-refractivity contribution in [2.24, 2.45) is 5.41 Å². The molecule has 1 aliphatic rings. The summed E-state index contributed by atoms with van der Waals surface area (Å²) in [5.41, 5.74) is 1.66. The lowest BCUT2D eigenvalue weighted by Crippen LogP contribution is -2.48. The highest BCUT2D eigenvalue weighted by Gasteiger charge is 2.34. The number of hydroxylamine groups is 1. The van der Waals surface area contributed by atoms with Crippen molar-refractivity contribution in [1.29, 1.82) is 0 Å². The van der Waals surface area contributed by atoms with E-state index in [0.717, 1.165) is 19.4 Å². The van der Waals surface area contributed by atoms with Crippen LogP contribution in [0, 0.1) is 5.41 Å². The smallest absolute Gasteiger partial charge is 0.332 e. The topological polar surface area (TPSA) is 87.7 Å². The van der Waals surface area contributed by atoms with E-state index in [2.05, 4.69) is 15.6 Å². The number of carboxylic acids is 1. The average molecular weight is 216 g/mol. The van der Waals surface area contributed by atoms with Crippen LogP contribution in [-0.2, 0) is 14.4 Å². The van der Waals surface area contributed by atoms with Gasteiger partial charge in [-0.3, -0.25) is 9.63 Å². The molecule has 0 aliphatic carbocycles. The van der Waals surface area contributed by atoms with Gasteiger partial charge in [-0.1, -0.05) is 0 Å². The number of hydrogen-bond acceptors (Lipinski definition) is 4.